The van der Waals surface area contributed by atoms with E-state index in [0.29, 0.717) is 29.9 Å². The van der Waals surface area contributed by atoms with Gasteiger partial charge in [0, 0.05) is 37.7 Å². The minimum Gasteiger partial charge on any atom is -0.619 e. The summed E-state index contributed by atoms with van der Waals surface area (Å²) in [6, 6.07) is 7.29. The van der Waals surface area contributed by atoms with Gasteiger partial charge in [0.05, 0.1) is 0 Å². The van der Waals surface area contributed by atoms with E-state index in [1.807, 2.05) is 4.90 Å². The molecule has 28 heavy (non-hydrogen) atoms. The summed E-state index contributed by atoms with van der Waals surface area (Å²) in [5.41, 5.74) is 1.18. The summed E-state index contributed by atoms with van der Waals surface area (Å²) in [5.74, 6) is -1.76. The number of pyridine rings is 1. The Kier molecular flexibility index (Phi) is 5.02. The molecule has 2 aliphatic rings. The highest BCUT2D eigenvalue weighted by Crippen LogP contribution is 2.39. The fraction of sp³-hybridized carbons (Fsp3) is 0.429. The van der Waals surface area contributed by atoms with Gasteiger partial charge in [-0.3, -0.25) is 9.69 Å². The van der Waals surface area contributed by atoms with Crippen LogP contribution in [0.5, 0.6) is 0 Å². The summed E-state index contributed by atoms with van der Waals surface area (Å²) in [7, 11) is 0. The average Bonchev–Trinajstić information content (AvgIpc) is 3.07. The Morgan fingerprint density at radius 3 is 2.79 bits per heavy atom. The monoisotopic (exact) mass is 387 g/mol. The molecule has 0 N–H and O–H groups in total. The molecule has 2 fully saturated rings. The van der Waals surface area contributed by atoms with Crippen LogP contribution in [0.1, 0.15) is 35.2 Å². The number of benzene rings is 1. The number of carbonyl (C=O) groups is 1. The molecule has 0 aliphatic carbocycles. The first-order valence-electron chi connectivity index (χ1n) is 9.59. The number of hydrogen-bond acceptors (Lipinski definition) is 3. The van der Waals surface area contributed by atoms with E-state index in [4.69, 9.17) is 0 Å². The number of piperidine rings is 1. The Labute approximate surface area is 162 Å². The Hall–Kier alpha value is -2.54. The predicted molar refractivity (Wildman–Crippen MR) is 99.2 cm³/mol. The van der Waals surface area contributed by atoms with Gasteiger partial charge in [-0.25, -0.2) is 8.78 Å². The molecule has 5 nitrogen and oxygen atoms in total. The Morgan fingerprint density at radius 1 is 1.14 bits per heavy atom. The van der Waals surface area contributed by atoms with Crippen LogP contribution >= 0.6 is 0 Å². The second-order valence-corrected chi connectivity index (χ2v) is 7.99. The van der Waals surface area contributed by atoms with Crippen molar-refractivity contribution in [3.63, 3.8) is 0 Å². The predicted octanol–water partition coefficient (Wildman–Crippen LogP) is 2.73. The fourth-order valence-electron chi connectivity index (χ4n) is 4.55. The van der Waals surface area contributed by atoms with Crippen LogP contribution in [0.15, 0.2) is 42.7 Å². The second kappa shape index (κ2) is 7.47. The topological polar surface area (TPSA) is 50.5 Å². The zero-order valence-electron chi connectivity index (χ0n) is 15.6. The highest BCUT2D eigenvalue weighted by molar-refractivity contribution is 5.93. The summed E-state index contributed by atoms with van der Waals surface area (Å²) in [4.78, 5) is 16.8. The van der Waals surface area contributed by atoms with Gasteiger partial charge >= 0.3 is 0 Å². The van der Waals surface area contributed by atoms with Gasteiger partial charge in [0.2, 0.25) is 0 Å². The zero-order chi connectivity index (χ0) is 19.7. The van der Waals surface area contributed by atoms with Crippen LogP contribution in [-0.4, -0.2) is 41.9 Å². The molecule has 2 aliphatic heterocycles. The Morgan fingerprint density at radius 2 is 2.00 bits per heavy atom. The Balaban J connectivity index is 1.42. The van der Waals surface area contributed by atoms with Crippen LogP contribution in [0.4, 0.5) is 8.78 Å². The maximum absolute atomic E-state index is 13.5. The smallest absolute Gasteiger partial charge is 0.259 e. The number of carbonyl (C=O) groups excluding carboxylic acids is 1. The van der Waals surface area contributed by atoms with Gasteiger partial charge in [-0.15, -0.1) is 0 Å². The Bertz CT molecular complexity index is 892. The normalized spacial score (nSPS) is 22.7. The van der Waals surface area contributed by atoms with Crippen LogP contribution in [-0.2, 0) is 6.54 Å². The lowest BCUT2D eigenvalue weighted by Crippen LogP contribution is -2.45. The van der Waals surface area contributed by atoms with E-state index in [9.17, 15) is 18.8 Å². The van der Waals surface area contributed by atoms with Crippen molar-refractivity contribution in [3.05, 3.63) is 70.7 Å². The first-order valence-corrected chi connectivity index (χ1v) is 9.59. The van der Waals surface area contributed by atoms with E-state index in [0.717, 1.165) is 37.9 Å². The van der Waals surface area contributed by atoms with Crippen molar-refractivity contribution in [3.8, 4) is 0 Å². The van der Waals surface area contributed by atoms with Crippen molar-refractivity contribution in [2.75, 3.05) is 26.2 Å². The van der Waals surface area contributed by atoms with E-state index in [-0.39, 0.29) is 11.3 Å². The molecule has 1 atom stereocenters. The van der Waals surface area contributed by atoms with Gasteiger partial charge in [-0.1, -0.05) is 6.07 Å². The quantitative estimate of drug-likeness (QED) is 0.601. The largest absolute Gasteiger partial charge is 0.619 e. The van der Waals surface area contributed by atoms with E-state index < -0.39 is 11.6 Å². The van der Waals surface area contributed by atoms with Crippen molar-refractivity contribution in [1.82, 2.24) is 9.80 Å². The third-order valence-electron chi connectivity index (χ3n) is 5.88. The van der Waals surface area contributed by atoms with Gasteiger partial charge in [-0.05, 0) is 49.6 Å². The molecular weight excluding hydrogens is 364 g/mol. The van der Waals surface area contributed by atoms with Crippen molar-refractivity contribution in [2.24, 2.45) is 5.41 Å². The summed E-state index contributed by atoms with van der Waals surface area (Å²) < 4.78 is 27.3. The molecular formula is C21H23F2N3O2. The number of halogens is 2. The minimum atomic E-state index is -0.830. The third-order valence-corrected chi connectivity index (χ3v) is 5.88. The van der Waals surface area contributed by atoms with Crippen LogP contribution < -0.4 is 4.73 Å². The summed E-state index contributed by atoms with van der Waals surface area (Å²) in [6.45, 7) is 3.64. The van der Waals surface area contributed by atoms with E-state index in [1.165, 1.54) is 24.5 Å². The average molecular weight is 387 g/mol. The van der Waals surface area contributed by atoms with Gasteiger partial charge < -0.3 is 10.1 Å². The van der Waals surface area contributed by atoms with Crippen LogP contribution in [0.2, 0.25) is 0 Å². The molecule has 3 heterocycles. The number of nitrogens with zero attached hydrogens (tertiary/aromatic N) is 3. The van der Waals surface area contributed by atoms with Crippen LogP contribution in [0.25, 0.3) is 0 Å². The first-order chi connectivity index (χ1) is 13.4. The van der Waals surface area contributed by atoms with Crippen molar-refractivity contribution in [1.29, 1.82) is 0 Å². The van der Waals surface area contributed by atoms with Crippen LogP contribution in [0.3, 0.4) is 0 Å². The third kappa shape index (κ3) is 3.85. The lowest BCUT2D eigenvalue weighted by Gasteiger charge is -2.40. The zero-order valence-corrected chi connectivity index (χ0v) is 15.6. The van der Waals surface area contributed by atoms with E-state index >= 15 is 0 Å². The molecule has 1 spiro atoms. The molecule has 1 aromatic heterocycles. The number of rotatable bonds is 3. The number of likely N-dealkylation sites (tertiary alicyclic amines) is 2. The standard InChI is InChI=1S/C21H23F2N3O2/c22-18-5-4-16(11-19(18)23)12-24-8-2-6-21(14-24)7-10-25(15-21)20(27)17-3-1-9-26(28)13-17/h1,3-5,9,11,13H,2,6-8,10,12,14-15H2/t21-/m1/s1. The van der Waals surface area contributed by atoms with Crippen LogP contribution in [0, 0.1) is 22.3 Å². The van der Waals surface area contributed by atoms with Gasteiger partial charge in [0.25, 0.3) is 5.91 Å². The molecule has 1 aromatic carbocycles. The maximum Gasteiger partial charge on any atom is 0.259 e. The van der Waals surface area contributed by atoms with Gasteiger partial charge in [0.1, 0.15) is 5.56 Å². The SMILES string of the molecule is O=C(c1ccc[n+]([O-])c1)N1CC[C@@]2(CCCN(Cc3ccc(F)c(F)c3)C2)C1. The second-order valence-electron chi connectivity index (χ2n) is 7.99. The van der Waals surface area contributed by atoms with E-state index in [2.05, 4.69) is 4.90 Å². The van der Waals surface area contributed by atoms with Crippen molar-refractivity contribution >= 4 is 5.91 Å². The molecule has 0 radical (unpaired) electrons. The van der Waals surface area contributed by atoms with Crippen molar-refractivity contribution < 1.29 is 18.3 Å². The summed E-state index contributed by atoms with van der Waals surface area (Å²) in [6.07, 6.45) is 5.64. The summed E-state index contributed by atoms with van der Waals surface area (Å²) in [5, 5.41) is 11.5. The molecule has 2 aromatic rings. The minimum absolute atomic E-state index is 0.0225. The molecule has 7 heteroatoms. The van der Waals surface area contributed by atoms with Gasteiger partial charge in [-0.2, -0.15) is 4.73 Å². The first kappa shape index (κ1) is 18.8. The maximum atomic E-state index is 13.5. The van der Waals surface area contributed by atoms with Gasteiger partial charge in [0.15, 0.2) is 24.0 Å². The number of hydrogen-bond donors (Lipinski definition) is 0. The van der Waals surface area contributed by atoms with Crippen molar-refractivity contribution in [2.45, 2.75) is 25.8 Å². The lowest BCUT2D eigenvalue weighted by molar-refractivity contribution is -0.605. The molecule has 1 amide bonds. The molecule has 0 bridgehead atoms. The lowest BCUT2D eigenvalue weighted by atomic mass is 9.79. The number of aromatic nitrogens is 1. The van der Waals surface area contributed by atoms with E-state index in [1.54, 1.807) is 18.2 Å². The highest BCUT2D eigenvalue weighted by atomic mass is 19.2. The molecule has 148 valence electrons. The molecule has 0 unspecified atom stereocenters. The molecule has 4 rings (SSSR count). The highest BCUT2D eigenvalue weighted by Gasteiger charge is 2.43. The number of amides is 1. The fourth-order valence-corrected chi connectivity index (χ4v) is 4.55. The molecule has 0 saturated carbocycles. The summed E-state index contributed by atoms with van der Waals surface area (Å²) >= 11 is 0. The molecule has 2 saturated heterocycles.